The highest BCUT2D eigenvalue weighted by Gasteiger charge is 2.37. The van der Waals surface area contributed by atoms with Crippen molar-refractivity contribution in [3.05, 3.63) is 0 Å². The molecule has 0 aliphatic rings. The van der Waals surface area contributed by atoms with Gasteiger partial charge in [0.15, 0.2) is 0 Å². The minimum absolute atomic E-state index is 0.192. The van der Waals surface area contributed by atoms with Gasteiger partial charge in [-0.1, -0.05) is 10.3 Å². The van der Waals surface area contributed by atoms with E-state index in [9.17, 15) is 35.9 Å². The molecule has 0 aromatic carbocycles. The zero-order valence-corrected chi connectivity index (χ0v) is 16.4. The summed E-state index contributed by atoms with van der Waals surface area (Å²) in [5, 5.41) is 2.45. The molecule has 0 bridgehead atoms. The number of hydrogen-bond acceptors (Lipinski definition) is 9. The number of alkyl halides is 6. The second-order valence-electron chi connectivity index (χ2n) is 3.99. The molecule has 0 aliphatic carbocycles. The Bertz CT molecular complexity index is 548. The first kappa shape index (κ1) is 25.5. The summed E-state index contributed by atoms with van der Waals surface area (Å²) in [5.41, 5.74) is 0. The fourth-order valence-electron chi connectivity index (χ4n) is 0.936. The zero-order chi connectivity index (χ0) is 21.4. The van der Waals surface area contributed by atoms with E-state index < -0.39 is 34.6 Å². The van der Waals surface area contributed by atoms with Crippen LogP contribution < -0.4 is 0 Å². The van der Waals surface area contributed by atoms with Gasteiger partial charge in [0, 0.05) is 14.1 Å². The molecule has 0 fully saturated rings. The van der Waals surface area contributed by atoms with Gasteiger partial charge in [-0.2, -0.15) is 26.3 Å². The molecule has 0 aromatic heterocycles. The Morgan fingerprint density at radius 2 is 1.07 bits per heavy atom. The lowest BCUT2D eigenvalue weighted by atomic mass is 10.7. The van der Waals surface area contributed by atoms with Crippen molar-refractivity contribution in [1.82, 2.24) is 8.61 Å². The van der Waals surface area contributed by atoms with Crippen LogP contribution in [0.3, 0.4) is 0 Å². The average Bonchev–Trinajstić information content (AvgIpc) is 2.52. The lowest BCUT2D eigenvalue weighted by molar-refractivity contribution is -0.0585. The van der Waals surface area contributed by atoms with E-state index in [2.05, 4.69) is 20.0 Å². The molecule has 0 aliphatic heterocycles. The lowest BCUT2D eigenvalue weighted by Crippen LogP contribution is -2.29. The SMILES string of the molecule is CSC(=NOC(=O)N(C)SN(C)C(=O)ON=C(SC)C(F)(F)F)C(F)(F)F. The summed E-state index contributed by atoms with van der Waals surface area (Å²) in [6.07, 6.45) is -10.3. The van der Waals surface area contributed by atoms with Crippen LogP contribution in [-0.2, 0) is 9.68 Å². The quantitative estimate of drug-likeness (QED) is 0.155. The third-order valence-corrected chi connectivity index (χ3v) is 4.22. The number of oxime groups is 2. The molecule has 0 radical (unpaired) electrons. The number of carbonyl (C=O) groups is 2. The van der Waals surface area contributed by atoms with Crippen molar-refractivity contribution in [2.24, 2.45) is 10.3 Å². The molecule has 8 nitrogen and oxygen atoms in total. The zero-order valence-electron chi connectivity index (χ0n) is 13.9. The van der Waals surface area contributed by atoms with E-state index in [0.717, 1.165) is 26.6 Å². The molecule has 0 heterocycles. The third kappa shape index (κ3) is 9.32. The molecule has 156 valence electrons. The molecule has 17 heteroatoms. The Labute approximate surface area is 161 Å². The largest absolute Gasteiger partial charge is 0.447 e. The highest BCUT2D eigenvalue weighted by atomic mass is 32.2. The number of rotatable bonds is 4. The number of amides is 2. The fourth-order valence-corrected chi connectivity index (χ4v) is 2.19. The van der Waals surface area contributed by atoms with Crippen molar-refractivity contribution in [1.29, 1.82) is 0 Å². The predicted octanol–water partition coefficient (Wildman–Crippen LogP) is 4.16. The van der Waals surface area contributed by atoms with Crippen LogP contribution >= 0.6 is 35.7 Å². The van der Waals surface area contributed by atoms with Crippen LogP contribution in [-0.4, -0.2) is 69.8 Å². The van der Waals surface area contributed by atoms with Crippen molar-refractivity contribution < 1.29 is 45.6 Å². The average molecular weight is 462 g/mol. The van der Waals surface area contributed by atoms with Gasteiger partial charge in [0.05, 0.1) is 12.1 Å². The van der Waals surface area contributed by atoms with Crippen LogP contribution in [0.1, 0.15) is 0 Å². The van der Waals surface area contributed by atoms with Gasteiger partial charge in [-0.3, -0.25) is 9.68 Å². The molecule has 0 N–H and O–H groups in total. The molecule has 0 atom stereocenters. The van der Waals surface area contributed by atoms with Gasteiger partial charge in [0.2, 0.25) is 10.1 Å². The van der Waals surface area contributed by atoms with Crippen LogP contribution in [0.15, 0.2) is 10.3 Å². The van der Waals surface area contributed by atoms with Crippen molar-refractivity contribution in [3.63, 3.8) is 0 Å². The van der Waals surface area contributed by atoms with Gasteiger partial charge >= 0.3 is 24.5 Å². The van der Waals surface area contributed by atoms with Gasteiger partial charge < -0.3 is 0 Å². The van der Waals surface area contributed by atoms with Crippen molar-refractivity contribution in [2.75, 3.05) is 26.6 Å². The van der Waals surface area contributed by atoms with Crippen LogP contribution in [0.25, 0.3) is 0 Å². The maximum Gasteiger partial charge on any atom is 0.447 e. The summed E-state index contributed by atoms with van der Waals surface area (Å²) in [5.74, 6) is 0. The second-order valence-corrected chi connectivity index (χ2v) is 6.84. The summed E-state index contributed by atoms with van der Waals surface area (Å²) < 4.78 is 75.6. The van der Waals surface area contributed by atoms with Gasteiger partial charge in [0.25, 0.3) is 0 Å². The van der Waals surface area contributed by atoms with E-state index in [4.69, 9.17) is 0 Å². The molecular weight excluding hydrogens is 450 g/mol. The smallest absolute Gasteiger partial charge is 0.296 e. The highest BCUT2D eigenvalue weighted by molar-refractivity contribution is 8.13. The molecule has 0 rings (SSSR count). The van der Waals surface area contributed by atoms with Crippen molar-refractivity contribution in [2.45, 2.75) is 12.4 Å². The second kappa shape index (κ2) is 10.7. The van der Waals surface area contributed by atoms with Crippen molar-refractivity contribution >= 4 is 57.9 Å². The van der Waals surface area contributed by atoms with E-state index in [1.807, 2.05) is 0 Å². The maximum absolute atomic E-state index is 12.4. The van der Waals surface area contributed by atoms with Crippen LogP contribution in [0.2, 0.25) is 0 Å². The van der Waals surface area contributed by atoms with E-state index in [-0.39, 0.29) is 35.7 Å². The fraction of sp³-hybridized carbons (Fsp3) is 0.600. The third-order valence-electron chi connectivity index (χ3n) is 2.04. The first-order chi connectivity index (χ1) is 12.2. The van der Waals surface area contributed by atoms with E-state index in [1.54, 1.807) is 0 Å². The minimum Gasteiger partial charge on any atom is -0.296 e. The topological polar surface area (TPSA) is 83.8 Å². The summed E-state index contributed by atoms with van der Waals surface area (Å²) >= 11 is 0.636. The summed E-state index contributed by atoms with van der Waals surface area (Å²) in [6.45, 7) is 0. The van der Waals surface area contributed by atoms with Crippen LogP contribution in [0.5, 0.6) is 0 Å². The number of hydrogen-bond donors (Lipinski definition) is 0. The number of halogens is 6. The molecule has 0 spiro atoms. The summed E-state index contributed by atoms with van der Waals surface area (Å²) in [7, 11) is 2.01. The molecule has 0 saturated carbocycles. The minimum atomic E-state index is -4.82. The Hall–Kier alpha value is -1.49. The first-order valence-corrected chi connectivity index (χ1v) is 9.37. The highest BCUT2D eigenvalue weighted by Crippen LogP contribution is 2.25. The Kier molecular flexibility index (Phi) is 10.2. The molecule has 0 saturated heterocycles. The standard InChI is InChI=1S/C10H12F6N4O4S3/c1-19(7(21)23-17-5(25-3)9(11,12)13)27-20(2)8(22)24-18-6(26-4)10(14,15)16/h1-4H3. The first-order valence-electron chi connectivity index (χ1n) is 6.19. The van der Waals surface area contributed by atoms with Crippen LogP contribution in [0, 0.1) is 0 Å². The summed E-state index contributed by atoms with van der Waals surface area (Å²) in [6, 6.07) is 0. The normalized spacial score (nSPS) is 13.3. The molecule has 0 aromatic rings. The maximum atomic E-state index is 12.4. The Morgan fingerprint density at radius 3 is 1.30 bits per heavy atom. The van der Waals surface area contributed by atoms with Gasteiger partial charge in [-0.15, -0.1) is 23.5 Å². The van der Waals surface area contributed by atoms with Gasteiger partial charge in [0.1, 0.15) is 0 Å². The van der Waals surface area contributed by atoms with Gasteiger partial charge in [-0.25, -0.2) is 18.2 Å². The molecule has 2 amide bonds. The van der Waals surface area contributed by atoms with Crippen LogP contribution in [0.4, 0.5) is 35.9 Å². The van der Waals surface area contributed by atoms with Gasteiger partial charge in [-0.05, 0) is 12.5 Å². The number of carbonyl (C=O) groups excluding carboxylic acids is 2. The molecule has 0 unspecified atom stereocenters. The van der Waals surface area contributed by atoms with E-state index in [1.165, 1.54) is 0 Å². The summed E-state index contributed by atoms with van der Waals surface area (Å²) in [4.78, 5) is 31.2. The predicted molar refractivity (Wildman–Crippen MR) is 90.1 cm³/mol. The number of thioether (sulfide) groups is 2. The molecular formula is C10H12F6N4O4S3. The number of nitrogens with zero attached hydrogens (tertiary/aromatic N) is 4. The van der Waals surface area contributed by atoms with Crippen molar-refractivity contribution in [3.8, 4) is 0 Å². The lowest BCUT2D eigenvalue weighted by Gasteiger charge is -2.19. The Morgan fingerprint density at radius 1 is 0.778 bits per heavy atom. The monoisotopic (exact) mass is 462 g/mol. The van der Waals surface area contributed by atoms with E-state index in [0.29, 0.717) is 8.61 Å². The molecule has 27 heavy (non-hydrogen) atoms. The Balaban J connectivity index is 4.78. The van der Waals surface area contributed by atoms with E-state index >= 15 is 0 Å².